The van der Waals surface area contributed by atoms with Gasteiger partial charge in [0.25, 0.3) is 0 Å². The number of aromatic nitrogens is 7. The highest BCUT2D eigenvalue weighted by Crippen LogP contribution is 2.42. The van der Waals surface area contributed by atoms with Crippen LogP contribution in [0.4, 0.5) is 0 Å². The Balaban J connectivity index is 1.18. The summed E-state index contributed by atoms with van der Waals surface area (Å²) in [5.41, 5.74) is 7.96. The Labute approximate surface area is 297 Å². The maximum absolute atomic E-state index is 5.42. The summed E-state index contributed by atoms with van der Waals surface area (Å²) in [7, 11) is 0. The molecule has 0 aliphatic carbocycles. The van der Waals surface area contributed by atoms with Gasteiger partial charge in [-0.15, -0.1) is 11.3 Å². The van der Waals surface area contributed by atoms with Crippen LogP contribution >= 0.6 is 11.3 Å². The van der Waals surface area contributed by atoms with Crippen LogP contribution in [-0.2, 0) is 12.8 Å². The van der Waals surface area contributed by atoms with Gasteiger partial charge in [-0.2, -0.15) is 5.10 Å². The molecule has 0 amide bonds. The van der Waals surface area contributed by atoms with Crippen LogP contribution in [0.2, 0.25) is 0 Å². The van der Waals surface area contributed by atoms with Crippen molar-refractivity contribution in [1.29, 1.82) is 0 Å². The smallest absolute Gasteiger partial charge is 0.183 e. The molecule has 8 heteroatoms. The molecule has 7 nitrogen and oxygen atoms in total. The molecule has 244 valence electrons. The predicted molar refractivity (Wildman–Crippen MR) is 207 cm³/mol. The molecule has 0 spiro atoms. The van der Waals surface area contributed by atoms with Crippen molar-refractivity contribution >= 4 is 53.3 Å². The van der Waals surface area contributed by atoms with Gasteiger partial charge in [-0.3, -0.25) is 9.13 Å². The minimum absolute atomic E-state index is 0.799. The third kappa shape index (κ3) is 4.26. The summed E-state index contributed by atoms with van der Waals surface area (Å²) in [4.78, 5) is 10.4. The van der Waals surface area contributed by atoms with E-state index in [9.17, 15) is 0 Å². The molecule has 0 saturated carbocycles. The van der Waals surface area contributed by atoms with E-state index in [1.807, 2.05) is 36.0 Å². The van der Waals surface area contributed by atoms with Crippen molar-refractivity contribution in [3.63, 3.8) is 0 Å². The Morgan fingerprint density at radius 2 is 1.35 bits per heavy atom. The summed E-state index contributed by atoms with van der Waals surface area (Å²) in [5, 5.41) is 9.90. The van der Waals surface area contributed by atoms with E-state index in [0.29, 0.717) is 0 Å². The molecule has 0 saturated heterocycles. The zero-order valence-corrected chi connectivity index (χ0v) is 28.5. The molecule has 0 bridgehead atoms. The van der Waals surface area contributed by atoms with Crippen molar-refractivity contribution < 1.29 is 0 Å². The zero-order valence-electron chi connectivity index (χ0n) is 27.6. The Bertz CT molecular complexity index is 2880. The molecule has 1 aliphatic rings. The minimum Gasteiger partial charge on any atom is -0.309 e. The van der Waals surface area contributed by atoms with E-state index in [1.165, 1.54) is 47.7 Å². The van der Waals surface area contributed by atoms with E-state index >= 15 is 0 Å². The Hall–Kier alpha value is -6.25. The second kappa shape index (κ2) is 11.1. The summed E-state index contributed by atoms with van der Waals surface area (Å²) in [6.07, 6.45) is 9.85. The van der Waals surface area contributed by atoms with Gasteiger partial charge in [0.05, 0.1) is 27.1 Å². The number of para-hydroxylation sites is 3. The first-order valence-electron chi connectivity index (χ1n) is 17.5. The van der Waals surface area contributed by atoms with Gasteiger partial charge < -0.3 is 4.57 Å². The molecule has 0 atom stereocenters. The van der Waals surface area contributed by atoms with Crippen molar-refractivity contribution in [1.82, 2.24) is 33.4 Å². The predicted octanol–water partition coefficient (Wildman–Crippen LogP) is 10.3. The lowest BCUT2D eigenvalue weighted by molar-refractivity contribution is 0.650. The highest BCUT2D eigenvalue weighted by Gasteiger charge is 2.28. The fraction of sp³-hybridized carbons (Fsp3) is 0.0930. The molecule has 1 aliphatic heterocycles. The minimum atomic E-state index is 0.799. The number of hydrogen-bond donors (Lipinski definition) is 0. The lowest BCUT2D eigenvalue weighted by atomic mass is 10.1. The van der Waals surface area contributed by atoms with Crippen LogP contribution in [0.5, 0.6) is 0 Å². The van der Waals surface area contributed by atoms with Crippen LogP contribution < -0.4 is 0 Å². The first-order chi connectivity index (χ1) is 25.3. The van der Waals surface area contributed by atoms with Crippen LogP contribution in [0.25, 0.3) is 76.5 Å². The normalized spacial score (nSPS) is 13.2. The molecule has 0 radical (unpaired) electrons. The van der Waals surface area contributed by atoms with E-state index in [4.69, 9.17) is 15.1 Å². The van der Waals surface area contributed by atoms with E-state index in [1.54, 1.807) is 0 Å². The fourth-order valence-corrected chi connectivity index (χ4v) is 9.27. The van der Waals surface area contributed by atoms with Crippen LogP contribution in [0.15, 0.2) is 140 Å². The van der Waals surface area contributed by atoms with E-state index in [0.717, 1.165) is 65.9 Å². The lowest BCUT2D eigenvalue weighted by Crippen LogP contribution is -2.13. The van der Waals surface area contributed by atoms with Gasteiger partial charge in [-0.05, 0) is 80.3 Å². The molecule has 0 N–H and O–H groups in total. The average Bonchev–Trinajstić information content (AvgIpc) is 4.01. The molecule has 10 aromatic rings. The summed E-state index contributed by atoms with van der Waals surface area (Å²) in [5.74, 6) is 2.62. The SMILES string of the molecule is c1ccc(-n2ccnc2-c2nc3c(n2-c2cccc4c2sc2ccc(-n5c6ccccc6c6ccccc65)cc24)-n2nccc2CCCC3)cc1. The number of rotatable bonds is 4. The summed E-state index contributed by atoms with van der Waals surface area (Å²) in [6, 6.07) is 43.5. The second-order valence-corrected chi connectivity index (χ2v) is 14.3. The van der Waals surface area contributed by atoms with Crippen LogP contribution in [0.3, 0.4) is 0 Å². The zero-order chi connectivity index (χ0) is 33.5. The van der Waals surface area contributed by atoms with Crippen molar-refractivity contribution in [2.45, 2.75) is 25.7 Å². The number of nitrogens with zero attached hydrogens (tertiary/aromatic N) is 7. The summed E-state index contributed by atoms with van der Waals surface area (Å²) in [6.45, 7) is 0. The third-order valence-electron chi connectivity index (χ3n) is 10.4. The molecule has 6 heterocycles. The van der Waals surface area contributed by atoms with Gasteiger partial charge in [0.2, 0.25) is 0 Å². The monoisotopic (exact) mass is 677 g/mol. The molecule has 5 aromatic heterocycles. The summed E-state index contributed by atoms with van der Waals surface area (Å²) >= 11 is 1.83. The third-order valence-corrected chi connectivity index (χ3v) is 11.6. The van der Waals surface area contributed by atoms with Gasteiger partial charge in [0, 0.05) is 61.9 Å². The Morgan fingerprint density at radius 3 is 2.20 bits per heavy atom. The van der Waals surface area contributed by atoms with Crippen molar-refractivity contribution in [2.75, 3.05) is 0 Å². The standard InChI is InChI=1S/C43H31N7S/c1-2-11-28(12-3-1)47-26-25-44-41(47)42-46-35-17-7-4-13-29-23-24-45-50(29)43(35)49(42)38-20-10-16-33-34-27-30(21-22-39(34)51-40(33)38)48-36-18-8-5-14-31(36)32-15-6-9-19-37(32)48/h1-3,5-6,8-12,14-16,18-27H,4,7,13,17H2. The van der Waals surface area contributed by atoms with Gasteiger partial charge in [-0.25, -0.2) is 14.6 Å². The van der Waals surface area contributed by atoms with Crippen LogP contribution in [0.1, 0.15) is 24.2 Å². The van der Waals surface area contributed by atoms with Crippen molar-refractivity contribution in [3.8, 4) is 34.5 Å². The highest BCUT2D eigenvalue weighted by atomic mass is 32.1. The van der Waals surface area contributed by atoms with E-state index in [-0.39, 0.29) is 0 Å². The Kier molecular flexibility index (Phi) is 6.24. The quantitative estimate of drug-likeness (QED) is 0.186. The summed E-state index contributed by atoms with van der Waals surface area (Å²) < 4.78 is 11.4. The molecular weight excluding hydrogens is 647 g/mol. The van der Waals surface area contributed by atoms with Gasteiger partial charge in [0.1, 0.15) is 0 Å². The topological polar surface area (TPSA) is 58.4 Å². The first kappa shape index (κ1) is 28.6. The Morgan fingerprint density at radius 1 is 0.588 bits per heavy atom. The van der Waals surface area contributed by atoms with E-state index < -0.39 is 0 Å². The average molecular weight is 678 g/mol. The molecule has 0 unspecified atom stereocenters. The van der Waals surface area contributed by atoms with Gasteiger partial charge in [0.15, 0.2) is 17.5 Å². The first-order valence-corrected chi connectivity index (χ1v) is 18.3. The van der Waals surface area contributed by atoms with Crippen LogP contribution in [0, 0.1) is 0 Å². The number of thiophene rings is 1. The number of fused-ring (bicyclic) bond motifs is 9. The maximum Gasteiger partial charge on any atom is 0.183 e. The maximum atomic E-state index is 5.42. The number of aryl methyl sites for hydroxylation is 2. The lowest BCUT2D eigenvalue weighted by Gasteiger charge is -2.17. The molecule has 11 rings (SSSR count). The fourth-order valence-electron chi connectivity index (χ4n) is 8.08. The number of imidazole rings is 2. The van der Waals surface area contributed by atoms with Crippen molar-refractivity contribution in [3.05, 3.63) is 151 Å². The second-order valence-electron chi connectivity index (χ2n) is 13.2. The van der Waals surface area contributed by atoms with Crippen molar-refractivity contribution in [2.24, 2.45) is 0 Å². The molecule has 5 aromatic carbocycles. The van der Waals surface area contributed by atoms with E-state index in [2.05, 4.69) is 134 Å². The van der Waals surface area contributed by atoms with Gasteiger partial charge in [-0.1, -0.05) is 66.7 Å². The number of benzene rings is 5. The van der Waals surface area contributed by atoms with Gasteiger partial charge >= 0.3 is 0 Å². The highest BCUT2D eigenvalue weighted by molar-refractivity contribution is 7.26. The molecular formula is C43H31N7S. The largest absolute Gasteiger partial charge is 0.309 e. The van der Waals surface area contributed by atoms with Crippen LogP contribution in [-0.4, -0.2) is 33.4 Å². The number of hydrogen-bond acceptors (Lipinski definition) is 4. The molecule has 51 heavy (non-hydrogen) atoms. The molecule has 0 fully saturated rings.